The number of nitrogens with two attached hydrogens (primary N) is 2. The van der Waals surface area contributed by atoms with Gasteiger partial charge in [-0.15, -0.1) is 0 Å². The molecular weight excluding hydrogens is 412 g/mol. The maximum atomic E-state index is 5.93. The Hall–Kier alpha value is -4.56. The molecule has 0 aromatic heterocycles. The fraction of sp³-hybridized carbons (Fsp3) is 0. The van der Waals surface area contributed by atoms with Crippen LogP contribution in [0, 0.1) is 0 Å². The number of nitrogen functional groups attached to an aromatic ring is 2. The Bertz CT molecular complexity index is 1520. The third-order valence-electron chi connectivity index (χ3n) is 6.58. The van der Waals surface area contributed by atoms with E-state index in [9.17, 15) is 0 Å². The van der Waals surface area contributed by atoms with Crippen LogP contribution in [0.1, 0.15) is 0 Å². The van der Waals surface area contributed by atoms with Crippen LogP contribution in [0.5, 0.6) is 0 Å². The van der Waals surface area contributed by atoms with Crippen LogP contribution in [-0.4, -0.2) is 0 Å². The average Bonchev–Trinajstić information content (AvgIpc) is 2.89. The van der Waals surface area contributed by atoms with Crippen molar-refractivity contribution < 1.29 is 0 Å². The fourth-order valence-corrected chi connectivity index (χ4v) is 4.90. The minimum Gasteiger partial charge on any atom is -0.399 e. The van der Waals surface area contributed by atoms with Gasteiger partial charge in [0.1, 0.15) is 0 Å². The molecule has 2 nitrogen and oxygen atoms in total. The van der Waals surface area contributed by atoms with E-state index in [0.29, 0.717) is 0 Å². The third-order valence-corrected chi connectivity index (χ3v) is 6.58. The van der Waals surface area contributed by atoms with Crippen LogP contribution in [0.3, 0.4) is 0 Å². The maximum absolute atomic E-state index is 5.93. The second-order valence-electron chi connectivity index (χ2n) is 8.66. The van der Waals surface area contributed by atoms with Gasteiger partial charge in [-0.1, -0.05) is 97.1 Å². The fourth-order valence-electron chi connectivity index (χ4n) is 4.90. The molecule has 2 heteroatoms. The molecule has 0 saturated carbocycles. The summed E-state index contributed by atoms with van der Waals surface area (Å²) in [6, 6.07) is 42.4. The van der Waals surface area contributed by atoms with E-state index in [1.807, 2.05) is 24.3 Å². The highest BCUT2D eigenvalue weighted by Crippen LogP contribution is 2.40. The predicted octanol–water partition coefficient (Wildman–Crippen LogP) is 8.16. The van der Waals surface area contributed by atoms with E-state index in [1.165, 1.54) is 54.9 Å². The lowest BCUT2D eigenvalue weighted by molar-refractivity contribution is 1.62. The third kappa shape index (κ3) is 3.37. The van der Waals surface area contributed by atoms with Gasteiger partial charge < -0.3 is 11.5 Å². The summed E-state index contributed by atoms with van der Waals surface area (Å²) >= 11 is 0. The number of rotatable bonds is 3. The van der Waals surface area contributed by atoms with E-state index in [0.717, 1.165) is 11.4 Å². The van der Waals surface area contributed by atoms with E-state index >= 15 is 0 Å². The van der Waals surface area contributed by atoms with Crippen molar-refractivity contribution in [2.24, 2.45) is 0 Å². The summed E-state index contributed by atoms with van der Waals surface area (Å²) in [6.07, 6.45) is 0. The molecule has 0 unspecified atom stereocenters. The lowest BCUT2D eigenvalue weighted by Crippen LogP contribution is -1.90. The Morgan fingerprint density at radius 2 is 0.588 bits per heavy atom. The van der Waals surface area contributed by atoms with Gasteiger partial charge in [0.2, 0.25) is 0 Å². The molecule has 0 aliphatic rings. The van der Waals surface area contributed by atoms with E-state index in [-0.39, 0.29) is 0 Å². The van der Waals surface area contributed by atoms with E-state index < -0.39 is 0 Å². The second-order valence-corrected chi connectivity index (χ2v) is 8.66. The van der Waals surface area contributed by atoms with Crippen LogP contribution in [0.2, 0.25) is 0 Å². The molecule has 162 valence electrons. The summed E-state index contributed by atoms with van der Waals surface area (Å²) in [6.45, 7) is 0. The van der Waals surface area contributed by atoms with E-state index in [4.69, 9.17) is 11.5 Å². The zero-order chi connectivity index (χ0) is 23.1. The summed E-state index contributed by atoms with van der Waals surface area (Å²) in [5.74, 6) is 0. The molecule has 6 aromatic rings. The van der Waals surface area contributed by atoms with Crippen molar-refractivity contribution >= 4 is 32.9 Å². The van der Waals surface area contributed by atoms with Crippen LogP contribution in [-0.2, 0) is 0 Å². The van der Waals surface area contributed by atoms with Crippen molar-refractivity contribution in [2.75, 3.05) is 11.5 Å². The monoisotopic (exact) mass is 436 g/mol. The Balaban J connectivity index is 1.58. The molecule has 0 heterocycles. The Kier molecular flexibility index (Phi) is 4.78. The van der Waals surface area contributed by atoms with Crippen LogP contribution >= 0.6 is 0 Å². The number of hydrogen-bond acceptors (Lipinski definition) is 2. The Labute approximate surface area is 199 Å². The number of hydrogen-bond donors (Lipinski definition) is 2. The highest BCUT2D eigenvalue weighted by atomic mass is 14.5. The van der Waals surface area contributed by atoms with Crippen molar-refractivity contribution in [1.29, 1.82) is 0 Å². The standard InChI is InChI=1S/C32H24N2/c33-23-13-9-21(10-14-23)25-17-19-31(29-7-3-1-5-27(25)29)32-20-18-26(22-11-15-24(34)16-12-22)28-6-2-4-8-30(28)32/h1-20H,33-34H2. The van der Waals surface area contributed by atoms with Gasteiger partial charge in [-0.05, 0) is 79.2 Å². The number of anilines is 2. The van der Waals surface area contributed by atoms with Gasteiger partial charge in [0.05, 0.1) is 0 Å². The highest BCUT2D eigenvalue weighted by molar-refractivity contribution is 6.12. The Morgan fingerprint density at radius 3 is 0.941 bits per heavy atom. The molecule has 0 saturated heterocycles. The molecule has 0 aliphatic carbocycles. The van der Waals surface area contributed by atoms with Crippen molar-refractivity contribution in [3.05, 3.63) is 121 Å². The number of benzene rings is 6. The molecule has 0 fully saturated rings. The second kappa shape index (κ2) is 8.09. The topological polar surface area (TPSA) is 52.0 Å². The van der Waals surface area contributed by atoms with E-state index in [2.05, 4.69) is 97.1 Å². The zero-order valence-electron chi connectivity index (χ0n) is 18.7. The molecule has 0 spiro atoms. The van der Waals surface area contributed by atoms with Gasteiger partial charge >= 0.3 is 0 Å². The lowest BCUT2D eigenvalue weighted by Gasteiger charge is -2.16. The SMILES string of the molecule is Nc1ccc(-c2ccc(-c3ccc(-c4ccc(N)cc4)c4ccccc34)c3ccccc23)cc1. The summed E-state index contributed by atoms with van der Waals surface area (Å²) in [5.41, 5.74) is 20.6. The van der Waals surface area contributed by atoms with Crippen LogP contribution < -0.4 is 11.5 Å². The molecule has 0 aliphatic heterocycles. The smallest absolute Gasteiger partial charge is 0.0314 e. The molecule has 6 rings (SSSR count). The first-order valence-electron chi connectivity index (χ1n) is 11.4. The maximum Gasteiger partial charge on any atom is 0.0314 e. The molecule has 0 atom stereocenters. The van der Waals surface area contributed by atoms with Crippen molar-refractivity contribution in [2.45, 2.75) is 0 Å². The molecule has 34 heavy (non-hydrogen) atoms. The van der Waals surface area contributed by atoms with Gasteiger partial charge in [-0.3, -0.25) is 0 Å². The van der Waals surface area contributed by atoms with Gasteiger partial charge in [-0.2, -0.15) is 0 Å². The van der Waals surface area contributed by atoms with Crippen molar-refractivity contribution in [1.82, 2.24) is 0 Å². The van der Waals surface area contributed by atoms with Crippen molar-refractivity contribution in [3.8, 4) is 33.4 Å². The highest BCUT2D eigenvalue weighted by Gasteiger charge is 2.13. The van der Waals surface area contributed by atoms with Crippen molar-refractivity contribution in [3.63, 3.8) is 0 Å². The lowest BCUT2D eigenvalue weighted by atomic mass is 9.88. The van der Waals surface area contributed by atoms with Crippen LogP contribution in [0.15, 0.2) is 121 Å². The van der Waals surface area contributed by atoms with Gasteiger partial charge in [0.15, 0.2) is 0 Å². The molecule has 4 N–H and O–H groups in total. The van der Waals surface area contributed by atoms with Gasteiger partial charge in [-0.25, -0.2) is 0 Å². The Morgan fingerprint density at radius 1 is 0.294 bits per heavy atom. The van der Waals surface area contributed by atoms with Gasteiger partial charge in [0.25, 0.3) is 0 Å². The minimum atomic E-state index is 0.775. The molecule has 6 aromatic carbocycles. The molecular formula is C32H24N2. The summed E-state index contributed by atoms with van der Waals surface area (Å²) in [4.78, 5) is 0. The summed E-state index contributed by atoms with van der Waals surface area (Å²) < 4.78 is 0. The normalized spacial score (nSPS) is 11.2. The number of fused-ring (bicyclic) bond motifs is 2. The zero-order valence-corrected chi connectivity index (χ0v) is 18.7. The summed E-state index contributed by atoms with van der Waals surface area (Å²) in [5, 5.41) is 4.94. The minimum absolute atomic E-state index is 0.775. The molecule has 0 amide bonds. The van der Waals surface area contributed by atoms with Crippen LogP contribution in [0.4, 0.5) is 11.4 Å². The molecule has 0 radical (unpaired) electrons. The largest absolute Gasteiger partial charge is 0.399 e. The first-order chi connectivity index (χ1) is 16.7. The van der Waals surface area contributed by atoms with Gasteiger partial charge in [0, 0.05) is 11.4 Å². The summed E-state index contributed by atoms with van der Waals surface area (Å²) in [7, 11) is 0. The molecule has 0 bridgehead atoms. The quantitative estimate of drug-likeness (QED) is 0.275. The average molecular weight is 437 g/mol. The first kappa shape index (κ1) is 20.1. The predicted molar refractivity (Wildman–Crippen MR) is 147 cm³/mol. The van der Waals surface area contributed by atoms with Crippen LogP contribution in [0.25, 0.3) is 54.9 Å². The van der Waals surface area contributed by atoms with E-state index in [1.54, 1.807) is 0 Å². The first-order valence-corrected chi connectivity index (χ1v) is 11.4.